The van der Waals surface area contributed by atoms with Gasteiger partial charge in [-0.1, -0.05) is 18.2 Å². The number of aliphatic hydroxyl groups excluding tert-OH is 1. The zero-order valence-electron chi connectivity index (χ0n) is 16.5. The first-order valence-electron chi connectivity index (χ1n) is 9.61. The molecule has 1 N–H and O–H groups in total. The number of nitrogens with zero attached hydrogens (tertiary/aromatic N) is 3. The van der Waals surface area contributed by atoms with Gasteiger partial charge in [-0.2, -0.15) is 0 Å². The van der Waals surface area contributed by atoms with E-state index in [1.54, 1.807) is 7.11 Å². The third-order valence-corrected chi connectivity index (χ3v) is 6.09. The monoisotopic (exact) mass is 403 g/mol. The van der Waals surface area contributed by atoms with Crippen LogP contribution in [0.3, 0.4) is 0 Å². The highest BCUT2D eigenvalue weighted by Gasteiger charge is 2.64. The van der Waals surface area contributed by atoms with Crippen molar-refractivity contribution in [3.8, 4) is 5.75 Å². The van der Waals surface area contributed by atoms with Gasteiger partial charge in [0.25, 0.3) is 5.91 Å². The number of aliphatic hydroxyl groups is 1. The lowest BCUT2D eigenvalue weighted by Crippen LogP contribution is -2.81. The number of methoxy groups -OCH3 is 2. The van der Waals surface area contributed by atoms with Gasteiger partial charge in [-0.05, 0) is 12.5 Å². The Bertz CT molecular complexity index is 837. The average molecular weight is 403 g/mol. The summed E-state index contributed by atoms with van der Waals surface area (Å²) in [6.07, 6.45) is -0.409. The number of likely N-dealkylation sites (tertiary alicyclic amines) is 1. The first-order valence-corrected chi connectivity index (χ1v) is 9.61. The second-order valence-electron chi connectivity index (χ2n) is 7.85. The number of carbonyl (C=O) groups excluding carboxylic acids is 3. The van der Waals surface area contributed by atoms with Crippen molar-refractivity contribution in [3.05, 3.63) is 29.8 Å². The number of hydrogen-bond donors (Lipinski definition) is 1. The van der Waals surface area contributed by atoms with Crippen LogP contribution in [0, 0.1) is 0 Å². The van der Waals surface area contributed by atoms with Gasteiger partial charge in [-0.3, -0.25) is 29.1 Å². The highest BCUT2D eigenvalue weighted by molar-refractivity contribution is 6.07. The van der Waals surface area contributed by atoms with Crippen LogP contribution in [-0.4, -0.2) is 95.7 Å². The van der Waals surface area contributed by atoms with Crippen LogP contribution in [0.1, 0.15) is 12.0 Å². The Morgan fingerprint density at radius 3 is 2.66 bits per heavy atom. The summed E-state index contributed by atoms with van der Waals surface area (Å²) >= 11 is 0. The molecule has 3 saturated heterocycles. The van der Waals surface area contributed by atoms with Crippen LogP contribution in [0.5, 0.6) is 5.75 Å². The maximum Gasteiger partial charge on any atom is 0.325 e. The smallest absolute Gasteiger partial charge is 0.325 e. The van der Waals surface area contributed by atoms with Crippen molar-refractivity contribution in [2.75, 3.05) is 40.4 Å². The second kappa shape index (κ2) is 7.40. The third kappa shape index (κ3) is 3.19. The van der Waals surface area contributed by atoms with Crippen molar-refractivity contribution < 1.29 is 29.0 Å². The normalized spacial score (nSPS) is 26.4. The highest BCUT2D eigenvalue weighted by atomic mass is 16.5. The summed E-state index contributed by atoms with van der Waals surface area (Å²) in [6, 6.07) is 7.10. The minimum absolute atomic E-state index is 0.262. The van der Waals surface area contributed by atoms with Crippen LogP contribution < -0.4 is 4.74 Å². The lowest BCUT2D eigenvalue weighted by Gasteiger charge is -2.58. The lowest BCUT2D eigenvalue weighted by molar-refractivity contribution is -0.183. The quantitative estimate of drug-likeness (QED) is 0.505. The van der Waals surface area contributed by atoms with Gasteiger partial charge in [0.05, 0.1) is 26.4 Å². The number of ether oxygens (including phenoxy) is 2. The molecule has 3 aliphatic rings. The molecule has 0 saturated carbocycles. The number of carbonyl (C=O) groups is 3. The first kappa shape index (κ1) is 19.8. The van der Waals surface area contributed by atoms with Crippen molar-refractivity contribution in [1.29, 1.82) is 0 Å². The van der Waals surface area contributed by atoms with Crippen LogP contribution in [0.2, 0.25) is 0 Å². The van der Waals surface area contributed by atoms with Crippen LogP contribution in [0.4, 0.5) is 0 Å². The molecule has 3 heterocycles. The molecule has 2 atom stereocenters. The fourth-order valence-corrected chi connectivity index (χ4v) is 4.72. The SMILES string of the molecule is COC(=O)CN1C(=O)C2CC(O)CN2C2(CN(Cc3ccccc3OC)C2)C1=O. The van der Waals surface area contributed by atoms with Gasteiger partial charge >= 0.3 is 5.97 Å². The largest absolute Gasteiger partial charge is 0.496 e. The summed E-state index contributed by atoms with van der Waals surface area (Å²) in [7, 11) is 2.84. The average Bonchev–Trinajstić information content (AvgIpc) is 3.09. The summed E-state index contributed by atoms with van der Waals surface area (Å²) in [4.78, 5) is 42.8. The first-order chi connectivity index (χ1) is 13.9. The van der Waals surface area contributed by atoms with E-state index in [0.29, 0.717) is 19.6 Å². The fraction of sp³-hybridized carbons (Fsp3) is 0.550. The van der Waals surface area contributed by atoms with Crippen molar-refractivity contribution in [1.82, 2.24) is 14.7 Å². The van der Waals surface area contributed by atoms with Crippen molar-refractivity contribution in [2.24, 2.45) is 0 Å². The molecule has 29 heavy (non-hydrogen) atoms. The number of piperazine rings is 1. The predicted octanol–water partition coefficient (Wildman–Crippen LogP) is -0.773. The molecule has 1 spiro atoms. The molecule has 9 nitrogen and oxygen atoms in total. The van der Waals surface area contributed by atoms with E-state index in [2.05, 4.69) is 9.64 Å². The zero-order valence-corrected chi connectivity index (χ0v) is 16.5. The van der Waals surface area contributed by atoms with E-state index in [1.807, 2.05) is 29.2 Å². The van der Waals surface area contributed by atoms with E-state index in [4.69, 9.17) is 4.74 Å². The van der Waals surface area contributed by atoms with E-state index >= 15 is 0 Å². The number of β-amino-alcohol motifs (C(OH)–C–C–N with tert-alkyl or cyclic N) is 1. The Balaban J connectivity index is 1.56. The fourth-order valence-electron chi connectivity index (χ4n) is 4.72. The third-order valence-electron chi connectivity index (χ3n) is 6.09. The molecular weight excluding hydrogens is 378 g/mol. The second-order valence-corrected chi connectivity index (χ2v) is 7.85. The molecule has 2 amide bonds. The molecule has 0 radical (unpaired) electrons. The minimum atomic E-state index is -0.911. The van der Waals surface area contributed by atoms with Gasteiger partial charge < -0.3 is 14.6 Å². The van der Waals surface area contributed by atoms with E-state index in [0.717, 1.165) is 16.2 Å². The molecule has 1 aromatic rings. The minimum Gasteiger partial charge on any atom is -0.496 e. The number of rotatable bonds is 5. The van der Waals surface area contributed by atoms with E-state index < -0.39 is 42.0 Å². The highest BCUT2D eigenvalue weighted by Crippen LogP contribution is 2.41. The van der Waals surface area contributed by atoms with Gasteiger partial charge in [0.2, 0.25) is 5.91 Å². The van der Waals surface area contributed by atoms with Crippen LogP contribution >= 0.6 is 0 Å². The standard InChI is InChI=1S/C20H25N3O6/c1-28-16-6-4-3-5-13(16)8-21-11-20(12-21)19(27)22(10-17(25)29-2)18(26)15-7-14(24)9-23(15)20/h3-6,14-15,24H,7-12H2,1-2H3. The van der Waals surface area contributed by atoms with Gasteiger partial charge in [0.1, 0.15) is 17.8 Å². The van der Waals surface area contributed by atoms with Gasteiger partial charge in [-0.25, -0.2) is 0 Å². The van der Waals surface area contributed by atoms with E-state index in [1.165, 1.54) is 7.11 Å². The molecule has 2 unspecified atom stereocenters. The number of fused-ring (bicyclic) bond motifs is 2. The lowest BCUT2D eigenvalue weighted by atomic mass is 9.82. The van der Waals surface area contributed by atoms with Crippen LogP contribution in [0.25, 0.3) is 0 Å². The maximum absolute atomic E-state index is 13.3. The van der Waals surface area contributed by atoms with Crippen LogP contribution in [0.15, 0.2) is 24.3 Å². The molecule has 0 aliphatic carbocycles. The van der Waals surface area contributed by atoms with Gasteiger partial charge in [-0.15, -0.1) is 0 Å². The van der Waals surface area contributed by atoms with Crippen molar-refractivity contribution >= 4 is 17.8 Å². The van der Waals surface area contributed by atoms with E-state index in [-0.39, 0.29) is 13.0 Å². The van der Waals surface area contributed by atoms with Gasteiger partial charge in [0.15, 0.2) is 0 Å². The van der Waals surface area contributed by atoms with Crippen LogP contribution in [-0.2, 0) is 25.7 Å². The molecule has 156 valence electrons. The Hall–Kier alpha value is -2.49. The maximum atomic E-state index is 13.3. The Morgan fingerprint density at radius 2 is 1.97 bits per heavy atom. The number of hydrogen-bond acceptors (Lipinski definition) is 8. The molecule has 0 aromatic heterocycles. The Kier molecular flexibility index (Phi) is 5.05. The predicted molar refractivity (Wildman–Crippen MR) is 101 cm³/mol. The summed E-state index contributed by atoms with van der Waals surface area (Å²) in [5.41, 5.74) is 0.0973. The summed E-state index contributed by atoms with van der Waals surface area (Å²) in [6.45, 7) is 1.31. The van der Waals surface area contributed by atoms with Crippen molar-refractivity contribution in [2.45, 2.75) is 30.7 Å². The van der Waals surface area contributed by atoms with Gasteiger partial charge in [0, 0.05) is 31.7 Å². The summed E-state index contributed by atoms with van der Waals surface area (Å²) < 4.78 is 10.1. The number of para-hydroxylation sites is 1. The number of imide groups is 1. The molecule has 1 aromatic carbocycles. The zero-order chi connectivity index (χ0) is 20.8. The number of amides is 2. The number of benzene rings is 1. The molecule has 9 heteroatoms. The summed E-state index contributed by atoms with van der Waals surface area (Å²) in [5.74, 6) is -0.695. The topological polar surface area (TPSA) is 99.6 Å². The Morgan fingerprint density at radius 1 is 1.24 bits per heavy atom. The molecule has 4 rings (SSSR count). The molecular formula is C20H25N3O6. The van der Waals surface area contributed by atoms with E-state index in [9.17, 15) is 19.5 Å². The summed E-state index contributed by atoms with van der Waals surface area (Å²) in [5, 5.41) is 10.2. The molecule has 3 fully saturated rings. The number of esters is 1. The Labute approximate surface area is 168 Å². The molecule has 3 aliphatic heterocycles. The molecule has 0 bridgehead atoms. The van der Waals surface area contributed by atoms with Crippen molar-refractivity contribution in [3.63, 3.8) is 0 Å².